The van der Waals surface area contributed by atoms with Crippen LogP contribution < -0.4 is 16.0 Å². The molecular weight excluding hydrogens is 302 g/mol. The van der Waals surface area contributed by atoms with Crippen LogP contribution in [0.4, 0.5) is 10.5 Å². The average Bonchev–Trinajstić information content (AvgIpc) is 2.45. The summed E-state index contributed by atoms with van der Waals surface area (Å²) < 4.78 is 0. The lowest BCUT2D eigenvalue weighted by atomic mass is 10.3. The minimum Gasteiger partial charge on any atom is -0.335 e. The quantitative estimate of drug-likeness (QED) is 0.701. The number of hydrogen-bond donors (Lipinski definition) is 3. The van der Waals surface area contributed by atoms with Crippen LogP contribution in [0.3, 0.4) is 0 Å². The number of urea groups is 1. The maximum absolute atomic E-state index is 11.7. The van der Waals surface area contributed by atoms with Gasteiger partial charge in [0.2, 0.25) is 11.8 Å². The Morgan fingerprint density at radius 3 is 2.36 bits per heavy atom. The Balaban J connectivity index is 2.37. The molecule has 0 aliphatic heterocycles. The highest BCUT2D eigenvalue weighted by Crippen LogP contribution is 2.20. The van der Waals surface area contributed by atoms with E-state index in [4.69, 9.17) is 0 Å². The molecule has 6 nitrogen and oxygen atoms in total. The first-order valence-corrected chi connectivity index (χ1v) is 8.00. The van der Waals surface area contributed by atoms with Gasteiger partial charge in [-0.25, -0.2) is 4.79 Å². The average molecular weight is 323 g/mol. The number of anilines is 1. The fourth-order valence-corrected chi connectivity index (χ4v) is 2.21. The van der Waals surface area contributed by atoms with Crippen molar-refractivity contribution >= 4 is 35.3 Å². The van der Waals surface area contributed by atoms with Crippen LogP contribution in [-0.2, 0) is 9.59 Å². The molecule has 22 heavy (non-hydrogen) atoms. The topological polar surface area (TPSA) is 87.3 Å². The van der Waals surface area contributed by atoms with E-state index in [9.17, 15) is 14.4 Å². The van der Waals surface area contributed by atoms with E-state index in [1.54, 1.807) is 12.1 Å². The first kappa shape index (κ1) is 18.0. The zero-order chi connectivity index (χ0) is 16.5. The smallest absolute Gasteiger partial charge is 0.321 e. The lowest BCUT2D eigenvalue weighted by molar-refractivity contribution is -0.117. The molecule has 3 N–H and O–H groups in total. The maximum atomic E-state index is 11.7. The summed E-state index contributed by atoms with van der Waals surface area (Å²) in [6, 6.07) is 6.70. The Labute approximate surface area is 134 Å². The van der Waals surface area contributed by atoms with Crippen molar-refractivity contribution in [1.29, 1.82) is 0 Å². The van der Waals surface area contributed by atoms with Gasteiger partial charge in [0.25, 0.3) is 0 Å². The predicted molar refractivity (Wildman–Crippen MR) is 87.9 cm³/mol. The highest BCUT2D eigenvalue weighted by atomic mass is 32.2. The van der Waals surface area contributed by atoms with Crippen LogP contribution in [0.25, 0.3) is 0 Å². The molecule has 0 heterocycles. The van der Waals surface area contributed by atoms with Crippen LogP contribution in [0, 0.1) is 0 Å². The summed E-state index contributed by atoms with van der Waals surface area (Å²) in [4.78, 5) is 34.9. The van der Waals surface area contributed by atoms with E-state index in [0.29, 0.717) is 5.69 Å². The maximum Gasteiger partial charge on any atom is 0.321 e. The molecule has 0 aromatic heterocycles. The van der Waals surface area contributed by atoms with Crippen LogP contribution in [0.2, 0.25) is 0 Å². The molecule has 4 amide bonds. The summed E-state index contributed by atoms with van der Waals surface area (Å²) in [5.41, 5.74) is 0.703. The normalized spacial score (nSPS) is 11.4. The minimum absolute atomic E-state index is 0.0294. The Morgan fingerprint density at radius 1 is 1.18 bits per heavy atom. The lowest BCUT2D eigenvalue weighted by Crippen LogP contribution is -2.43. The molecule has 1 aromatic carbocycles. The van der Waals surface area contributed by atoms with E-state index in [2.05, 4.69) is 16.0 Å². The van der Waals surface area contributed by atoms with Crippen LogP contribution >= 0.6 is 11.8 Å². The molecule has 0 saturated heterocycles. The number of hydrogen-bond acceptors (Lipinski definition) is 4. The Hall–Kier alpha value is -2.02. The van der Waals surface area contributed by atoms with E-state index in [1.165, 1.54) is 18.7 Å². The molecule has 0 saturated carbocycles. The number of rotatable bonds is 6. The third-order valence-electron chi connectivity index (χ3n) is 2.79. The highest BCUT2D eigenvalue weighted by Gasteiger charge is 2.10. The van der Waals surface area contributed by atoms with Crippen molar-refractivity contribution in [2.24, 2.45) is 0 Å². The Morgan fingerprint density at radius 2 is 1.82 bits per heavy atom. The van der Waals surface area contributed by atoms with Crippen molar-refractivity contribution in [3.8, 4) is 0 Å². The summed E-state index contributed by atoms with van der Waals surface area (Å²) in [5, 5.41) is 7.62. The second kappa shape index (κ2) is 9.09. The number of thioether (sulfide) groups is 1. The van der Waals surface area contributed by atoms with Gasteiger partial charge < -0.3 is 10.6 Å². The van der Waals surface area contributed by atoms with E-state index >= 15 is 0 Å². The van der Waals surface area contributed by atoms with Crippen LogP contribution in [0.1, 0.15) is 27.2 Å². The summed E-state index contributed by atoms with van der Waals surface area (Å²) >= 11 is 1.32. The van der Waals surface area contributed by atoms with Gasteiger partial charge in [-0.05, 0) is 37.6 Å². The van der Waals surface area contributed by atoms with E-state index in [-0.39, 0.29) is 23.6 Å². The van der Waals surface area contributed by atoms with Gasteiger partial charge >= 0.3 is 6.03 Å². The number of benzene rings is 1. The molecule has 0 aliphatic rings. The van der Waals surface area contributed by atoms with Crippen molar-refractivity contribution in [1.82, 2.24) is 10.6 Å². The first-order chi connectivity index (χ1) is 10.4. The van der Waals surface area contributed by atoms with Gasteiger partial charge in [-0.15, -0.1) is 11.8 Å². The van der Waals surface area contributed by atoms with Gasteiger partial charge in [0, 0.05) is 23.5 Å². The lowest BCUT2D eigenvalue weighted by Gasteiger charge is -2.11. The predicted octanol–water partition coefficient (Wildman–Crippen LogP) is 2.36. The number of carbonyl (C=O) groups is 3. The highest BCUT2D eigenvalue weighted by molar-refractivity contribution is 8.00. The van der Waals surface area contributed by atoms with Gasteiger partial charge in [0.15, 0.2) is 0 Å². The fraction of sp³-hybridized carbons (Fsp3) is 0.400. The molecule has 0 spiro atoms. The molecule has 0 fully saturated rings. The Kier molecular flexibility index (Phi) is 7.45. The van der Waals surface area contributed by atoms with E-state index in [1.807, 2.05) is 26.0 Å². The number of amides is 4. The number of nitrogens with one attached hydrogen (secondary N) is 3. The molecule has 0 unspecified atom stereocenters. The Bertz CT molecular complexity index is 531. The standard InChI is InChI=1S/C15H21N3O3S/c1-4-10(2)16-15(21)18-14(20)9-22-13-7-5-12(6-8-13)17-11(3)19/h5-8,10H,4,9H2,1-3H3,(H,17,19)(H2,16,18,20,21)/t10-/m0/s1. The van der Waals surface area contributed by atoms with Crippen molar-refractivity contribution in [2.75, 3.05) is 11.1 Å². The fourth-order valence-electron chi connectivity index (χ4n) is 1.51. The van der Waals surface area contributed by atoms with Gasteiger partial charge in [-0.1, -0.05) is 6.92 Å². The zero-order valence-electron chi connectivity index (χ0n) is 12.9. The zero-order valence-corrected chi connectivity index (χ0v) is 13.8. The molecule has 0 radical (unpaired) electrons. The van der Waals surface area contributed by atoms with Gasteiger partial charge in [-0.2, -0.15) is 0 Å². The third kappa shape index (κ3) is 7.12. The molecule has 120 valence electrons. The molecule has 0 aliphatic carbocycles. The van der Waals surface area contributed by atoms with Crippen molar-refractivity contribution in [3.63, 3.8) is 0 Å². The molecule has 1 atom stereocenters. The summed E-state index contributed by atoms with van der Waals surface area (Å²) in [6.07, 6.45) is 0.803. The van der Waals surface area contributed by atoms with Gasteiger partial charge in [0.05, 0.1) is 5.75 Å². The molecule has 0 bridgehead atoms. The van der Waals surface area contributed by atoms with Crippen molar-refractivity contribution in [3.05, 3.63) is 24.3 Å². The summed E-state index contributed by atoms with van der Waals surface area (Å²) in [7, 11) is 0. The molecule has 7 heteroatoms. The minimum atomic E-state index is -0.471. The second-order valence-corrected chi connectivity index (χ2v) is 5.87. The monoisotopic (exact) mass is 323 g/mol. The van der Waals surface area contributed by atoms with E-state index < -0.39 is 6.03 Å². The van der Waals surface area contributed by atoms with Gasteiger partial charge in [-0.3, -0.25) is 14.9 Å². The third-order valence-corrected chi connectivity index (χ3v) is 3.80. The van der Waals surface area contributed by atoms with Crippen LogP contribution in [0.5, 0.6) is 0 Å². The number of imide groups is 1. The van der Waals surface area contributed by atoms with Crippen LogP contribution in [0.15, 0.2) is 29.2 Å². The first-order valence-electron chi connectivity index (χ1n) is 7.01. The SMILES string of the molecule is CC[C@H](C)NC(=O)NC(=O)CSc1ccc(NC(C)=O)cc1. The largest absolute Gasteiger partial charge is 0.335 e. The summed E-state index contributed by atoms with van der Waals surface area (Å²) in [6.45, 7) is 5.26. The van der Waals surface area contributed by atoms with Gasteiger partial charge in [0.1, 0.15) is 0 Å². The molecule has 1 aromatic rings. The molecular formula is C15H21N3O3S. The van der Waals surface area contributed by atoms with Crippen molar-refractivity contribution in [2.45, 2.75) is 38.1 Å². The summed E-state index contributed by atoms with van der Waals surface area (Å²) in [5.74, 6) is -0.336. The number of carbonyl (C=O) groups excluding carboxylic acids is 3. The van der Waals surface area contributed by atoms with Crippen LogP contribution in [-0.4, -0.2) is 29.6 Å². The van der Waals surface area contributed by atoms with E-state index in [0.717, 1.165) is 11.3 Å². The second-order valence-electron chi connectivity index (χ2n) is 4.83. The molecule has 1 rings (SSSR count). The van der Waals surface area contributed by atoms with Crippen molar-refractivity contribution < 1.29 is 14.4 Å².